The molecule has 2 amide bonds. The zero-order chi connectivity index (χ0) is 16.9. The summed E-state index contributed by atoms with van der Waals surface area (Å²) in [6, 6.07) is 4.40. The topological polar surface area (TPSA) is 80.8 Å². The van der Waals surface area contributed by atoms with Crippen LogP contribution in [-0.4, -0.2) is 30.5 Å². The molecule has 0 bridgehead atoms. The molecule has 1 rings (SSSR count). The summed E-state index contributed by atoms with van der Waals surface area (Å²) in [7, 11) is 1.37. The van der Waals surface area contributed by atoms with Gasteiger partial charge in [-0.05, 0) is 32.0 Å². The first kappa shape index (κ1) is 17.8. The Bertz CT molecular complexity index is 598. The van der Waals surface area contributed by atoms with Crippen molar-refractivity contribution in [2.24, 2.45) is 0 Å². The van der Waals surface area contributed by atoms with Crippen molar-refractivity contribution < 1.29 is 23.9 Å². The van der Waals surface area contributed by atoms with Gasteiger partial charge in [0.1, 0.15) is 17.3 Å². The first-order chi connectivity index (χ1) is 10.3. The number of methoxy groups -OCH3 is 1. The van der Waals surface area contributed by atoms with E-state index in [9.17, 15) is 19.2 Å². The van der Waals surface area contributed by atoms with Crippen LogP contribution in [0.25, 0.3) is 0 Å². The molecule has 0 heterocycles. The zero-order valence-electron chi connectivity index (χ0n) is 12.5. The number of hydrogen-bond donors (Lipinski definition) is 0. The predicted octanol–water partition coefficient (Wildman–Crippen LogP) is 2.17. The van der Waals surface area contributed by atoms with E-state index in [4.69, 9.17) is 16.3 Å². The molecule has 0 aliphatic heterocycles. The summed E-state index contributed by atoms with van der Waals surface area (Å²) in [5, 5.41) is 0.284. The molecule has 0 aliphatic carbocycles. The van der Waals surface area contributed by atoms with Gasteiger partial charge in [0.25, 0.3) is 0 Å². The van der Waals surface area contributed by atoms with Gasteiger partial charge in [-0.25, -0.2) is 4.90 Å². The lowest BCUT2D eigenvalue weighted by Gasteiger charge is -2.22. The third-order valence-corrected chi connectivity index (χ3v) is 2.92. The molecule has 0 saturated heterocycles. The molecular formula is C15H16ClNO5. The summed E-state index contributed by atoms with van der Waals surface area (Å²) >= 11 is 5.90. The first-order valence-corrected chi connectivity index (χ1v) is 6.82. The quantitative estimate of drug-likeness (QED) is 0.749. The van der Waals surface area contributed by atoms with Crippen molar-refractivity contribution in [2.75, 3.05) is 12.0 Å². The van der Waals surface area contributed by atoms with Crippen LogP contribution >= 0.6 is 11.6 Å². The van der Waals surface area contributed by atoms with Crippen LogP contribution in [0.1, 0.15) is 26.7 Å². The van der Waals surface area contributed by atoms with E-state index < -0.39 is 36.2 Å². The Balaban J connectivity index is 3.33. The Morgan fingerprint density at radius 3 is 1.95 bits per heavy atom. The molecule has 0 spiro atoms. The Hall–Kier alpha value is -2.21. The fraction of sp³-hybridized carbons (Fsp3) is 0.333. The SMILES string of the molecule is COc1ccc(Cl)cc1N(C(=O)CC(C)=O)C(=O)CC(C)=O. The molecule has 0 radical (unpaired) electrons. The molecule has 0 saturated carbocycles. The number of ether oxygens (including phenoxy) is 1. The van der Waals surface area contributed by atoms with Crippen LogP contribution in [0, 0.1) is 0 Å². The summed E-state index contributed by atoms with van der Waals surface area (Å²) in [5.74, 6) is -2.03. The molecule has 0 fully saturated rings. The van der Waals surface area contributed by atoms with E-state index in [1.807, 2.05) is 0 Å². The number of carbonyl (C=O) groups is 4. The Morgan fingerprint density at radius 2 is 1.55 bits per heavy atom. The number of Topliss-reactive ketones (excluding diaryl/α,β-unsaturated/α-hetero) is 2. The monoisotopic (exact) mass is 325 g/mol. The van der Waals surface area contributed by atoms with Crippen molar-refractivity contribution in [3.8, 4) is 5.75 Å². The number of benzene rings is 1. The van der Waals surface area contributed by atoms with Crippen LogP contribution in [0.3, 0.4) is 0 Å². The van der Waals surface area contributed by atoms with Crippen molar-refractivity contribution in [1.82, 2.24) is 0 Å². The molecule has 6 nitrogen and oxygen atoms in total. The van der Waals surface area contributed by atoms with Gasteiger partial charge < -0.3 is 4.74 Å². The fourth-order valence-electron chi connectivity index (χ4n) is 1.83. The van der Waals surface area contributed by atoms with Crippen LogP contribution < -0.4 is 9.64 Å². The minimum Gasteiger partial charge on any atom is -0.495 e. The van der Waals surface area contributed by atoms with E-state index in [-0.39, 0.29) is 16.5 Å². The molecule has 0 N–H and O–H groups in total. The number of anilines is 1. The van der Waals surface area contributed by atoms with E-state index >= 15 is 0 Å². The van der Waals surface area contributed by atoms with E-state index in [0.29, 0.717) is 0 Å². The van der Waals surface area contributed by atoms with Gasteiger partial charge in [0.05, 0.1) is 25.6 Å². The van der Waals surface area contributed by atoms with Crippen LogP contribution in [0.2, 0.25) is 5.02 Å². The van der Waals surface area contributed by atoms with Gasteiger partial charge in [-0.15, -0.1) is 0 Å². The number of halogens is 1. The second-order valence-electron chi connectivity index (χ2n) is 4.70. The number of imide groups is 1. The third-order valence-electron chi connectivity index (χ3n) is 2.68. The normalized spacial score (nSPS) is 10.0. The van der Waals surface area contributed by atoms with Crippen LogP contribution in [0.5, 0.6) is 5.75 Å². The minimum absolute atomic E-state index is 0.104. The molecule has 7 heteroatoms. The smallest absolute Gasteiger partial charge is 0.241 e. The van der Waals surface area contributed by atoms with Gasteiger partial charge in [0.15, 0.2) is 0 Å². The maximum absolute atomic E-state index is 12.2. The fourth-order valence-corrected chi connectivity index (χ4v) is 2.00. The van der Waals surface area contributed by atoms with Crippen LogP contribution in [-0.2, 0) is 19.2 Å². The Morgan fingerprint density at radius 1 is 1.05 bits per heavy atom. The highest BCUT2D eigenvalue weighted by Gasteiger charge is 2.28. The number of rotatable bonds is 6. The van der Waals surface area contributed by atoms with Gasteiger partial charge >= 0.3 is 0 Å². The Kier molecular flexibility index (Phi) is 6.24. The zero-order valence-corrected chi connectivity index (χ0v) is 13.3. The molecular weight excluding hydrogens is 310 g/mol. The summed E-state index contributed by atoms with van der Waals surface area (Å²) in [4.78, 5) is 47.6. The molecule has 1 aromatic rings. The van der Waals surface area contributed by atoms with E-state index in [0.717, 1.165) is 4.90 Å². The summed E-state index contributed by atoms with van der Waals surface area (Å²) in [6.45, 7) is 2.47. The van der Waals surface area contributed by atoms with Crippen LogP contribution in [0.15, 0.2) is 18.2 Å². The van der Waals surface area contributed by atoms with Gasteiger partial charge in [0, 0.05) is 5.02 Å². The highest BCUT2D eigenvalue weighted by molar-refractivity contribution is 6.31. The highest BCUT2D eigenvalue weighted by Crippen LogP contribution is 2.32. The number of amides is 2. The maximum atomic E-state index is 12.2. The summed E-state index contributed by atoms with van der Waals surface area (Å²) in [6.07, 6.45) is -0.918. The molecule has 0 unspecified atom stereocenters. The van der Waals surface area contributed by atoms with Crippen molar-refractivity contribution in [3.05, 3.63) is 23.2 Å². The van der Waals surface area contributed by atoms with Gasteiger partial charge in [-0.1, -0.05) is 11.6 Å². The second kappa shape index (κ2) is 7.70. The average Bonchev–Trinajstić information content (AvgIpc) is 2.37. The average molecular weight is 326 g/mol. The van der Waals surface area contributed by atoms with Crippen molar-refractivity contribution in [2.45, 2.75) is 26.7 Å². The van der Waals surface area contributed by atoms with Gasteiger partial charge in [0.2, 0.25) is 11.8 Å². The van der Waals surface area contributed by atoms with Crippen molar-refractivity contribution in [3.63, 3.8) is 0 Å². The molecule has 0 aromatic heterocycles. The van der Waals surface area contributed by atoms with E-state index in [2.05, 4.69) is 0 Å². The molecule has 1 aromatic carbocycles. The largest absolute Gasteiger partial charge is 0.495 e. The number of carbonyl (C=O) groups excluding carboxylic acids is 4. The molecule has 0 atom stereocenters. The number of nitrogens with zero attached hydrogens (tertiary/aromatic N) is 1. The van der Waals surface area contributed by atoms with Crippen molar-refractivity contribution >= 4 is 40.7 Å². The minimum atomic E-state index is -0.737. The summed E-state index contributed by atoms with van der Waals surface area (Å²) < 4.78 is 5.12. The number of ketones is 2. The lowest BCUT2D eigenvalue weighted by Crippen LogP contribution is -2.39. The highest BCUT2D eigenvalue weighted by atomic mass is 35.5. The maximum Gasteiger partial charge on any atom is 0.241 e. The number of hydrogen-bond acceptors (Lipinski definition) is 5. The Labute approximate surface area is 133 Å². The van der Waals surface area contributed by atoms with Crippen LogP contribution in [0.4, 0.5) is 5.69 Å². The summed E-state index contributed by atoms with van der Waals surface area (Å²) in [5.41, 5.74) is 0.104. The second-order valence-corrected chi connectivity index (χ2v) is 5.13. The lowest BCUT2D eigenvalue weighted by atomic mass is 10.2. The third kappa shape index (κ3) is 4.66. The predicted molar refractivity (Wildman–Crippen MR) is 81.1 cm³/mol. The van der Waals surface area contributed by atoms with Crippen molar-refractivity contribution in [1.29, 1.82) is 0 Å². The standard InChI is InChI=1S/C15H16ClNO5/c1-9(18)6-14(20)17(15(21)7-10(2)19)12-8-11(16)4-5-13(12)22-3/h4-5,8H,6-7H2,1-3H3. The molecule has 0 aliphatic rings. The van der Waals surface area contributed by atoms with Gasteiger partial charge in [-0.3, -0.25) is 19.2 Å². The van der Waals surface area contributed by atoms with Gasteiger partial charge in [-0.2, -0.15) is 0 Å². The molecule has 22 heavy (non-hydrogen) atoms. The van der Waals surface area contributed by atoms with E-state index in [1.54, 1.807) is 0 Å². The lowest BCUT2D eigenvalue weighted by molar-refractivity contribution is -0.130. The molecule has 118 valence electrons. The van der Waals surface area contributed by atoms with E-state index in [1.165, 1.54) is 39.2 Å². The first-order valence-electron chi connectivity index (χ1n) is 6.44.